The molecule has 0 N–H and O–H groups in total. The van der Waals surface area contributed by atoms with Gasteiger partial charge in [0, 0.05) is 0 Å². The zero-order chi connectivity index (χ0) is 12.2. The molecule has 0 aliphatic heterocycles. The van der Waals surface area contributed by atoms with Crippen molar-refractivity contribution < 1.29 is 0 Å². The maximum Gasteiger partial charge on any atom is -0.0199 e. The summed E-state index contributed by atoms with van der Waals surface area (Å²) < 4.78 is 0. The van der Waals surface area contributed by atoms with E-state index in [0.717, 1.165) is 12.3 Å². The van der Waals surface area contributed by atoms with Crippen molar-refractivity contribution in [3.8, 4) is 0 Å². The first-order valence-corrected chi connectivity index (χ1v) is 7.71. The van der Waals surface area contributed by atoms with Gasteiger partial charge in [-0.2, -0.15) is 0 Å². The molecule has 1 aliphatic carbocycles. The second-order valence-corrected chi connectivity index (χ2v) is 5.47. The quantitative estimate of drug-likeness (QED) is 0.511. The zero-order valence-electron chi connectivity index (χ0n) is 11.5. The Morgan fingerprint density at radius 2 is 1.47 bits per heavy atom. The van der Waals surface area contributed by atoms with Crippen LogP contribution in [0.3, 0.4) is 0 Å². The fourth-order valence-corrected chi connectivity index (χ4v) is 2.70. The normalized spacial score (nSPS) is 25.1. The summed E-state index contributed by atoms with van der Waals surface area (Å²) in [5, 5.41) is 0. The lowest BCUT2D eigenvalue weighted by molar-refractivity contribution is 0.508. The molecule has 0 bridgehead atoms. The van der Waals surface area contributed by atoms with Crippen LogP contribution in [0.1, 0.15) is 77.0 Å². The average molecular weight is 234 g/mol. The van der Waals surface area contributed by atoms with Gasteiger partial charge in [0.15, 0.2) is 0 Å². The summed E-state index contributed by atoms with van der Waals surface area (Å²) in [6.07, 6.45) is 23.7. The van der Waals surface area contributed by atoms with Gasteiger partial charge in [0.25, 0.3) is 0 Å². The monoisotopic (exact) mass is 234 g/mol. The minimum Gasteiger partial charge on any atom is -0.103 e. The molecule has 98 valence electrons. The molecule has 1 atom stereocenters. The van der Waals surface area contributed by atoms with E-state index in [-0.39, 0.29) is 0 Å². The summed E-state index contributed by atoms with van der Waals surface area (Å²) >= 11 is 0. The minimum atomic E-state index is 0.760. The van der Waals surface area contributed by atoms with Crippen molar-refractivity contribution in [1.29, 1.82) is 0 Å². The van der Waals surface area contributed by atoms with Crippen LogP contribution in [0, 0.1) is 5.92 Å². The Morgan fingerprint density at radius 1 is 0.882 bits per heavy atom. The minimum absolute atomic E-state index is 0.760. The molecular weight excluding hydrogens is 204 g/mol. The standard InChI is InChI=1S/C17H30/c1-2-14-17-15-12-10-8-6-4-3-5-7-9-11-13-16-17/h2,12,15,17H,1,3-11,13-14,16H2. The first-order chi connectivity index (χ1) is 8.43. The van der Waals surface area contributed by atoms with Gasteiger partial charge in [0.1, 0.15) is 0 Å². The lowest BCUT2D eigenvalue weighted by Crippen LogP contribution is -1.95. The maximum absolute atomic E-state index is 3.88. The van der Waals surface area contributed by atoms with Crippen LogP contribution >= 0.6 is 0 Å². The van der Waals surface area contributed by atoms with Gasteiger partial charge in [-0.05, 0) is 31.6 Å². The highest BCUT2D eigenvalue weighted by Crippen LogP contribution is 2.19. The molecular formula is C17H30. The average Bonchev–Trinajstić information content (AvgIpc) is 2.34. The lowest BCUT2D eigenvalue weighted by atomic mass is 9.95. The van der Waals surface area contributed by atoms with E-state index in [1.165, 1.54) is 70.6 Å². The van der Waals surface area contributed by atoms with Crippen LogP contribution in [0.2, 0.25) is 0 Å². The Hall–Kier alpha value is -0.520. The predicted octanol–water partition coefficient (Wildman–Crippen LogP) is 6.04. The molecule has 0 amide bonds. The summed E-state index contributed by atoms with van der Waals surface area (Å²) in [6.45, 7) is 3.88. The Morgan fingerprint density at radius 3 is 2.12 bits per heavy atom. The molecule has 0 fully saturated rings. The summed E-state index contributed by atoms with van der Waals surface area (Å²) in [6, 6.07) is 0. The third-order valence-corrected chi connectivity index (χ3v) is 3.82. The van der Waals surface area contributed by atoms with E-state index < -0.39 is 0 Å². The first kappa shape index (κ1) is 14.5. The van der Waals surface area contributed by atoms with Crippen LogP contribution in [0.25, 0.3) is 0 Å². The maximum atomic E-state index is 3.88. The molecule has 0 saturated carbocycles. The van der Waals surface area contributed by atoms with Crippen LogP contribution in [0.4, 0.5) is 0 Å². The van der Waals surface area contributed by atoms with Gasteiger partial charge >= 0.3 is 0 Å². The molecule has 0 aromatic heterocycles. The summed E-state index contributed by atoms with van der Waals surface area (Å²) in [5.41, 5.74) is 0. The number of rotatable bonds is 2. The van der Waals surface area contributed by atoms with Gasteiger partial charge in [-0.1, -0.05) is 69.6 Å². The van der Waals surface area contributed by atoms with Gasteiger partial charge in [0.05, 0.1) is 0 Å². The smallest absolute Gasteiger partial charge is 0.0199 e. The molecule has 0 heterocycles. The molecule has 0 nitrogen and oxygen atoms in total. The van der Waals surface area contributed by atoms with Gasteiger partial charge < -0.3 is 0 Å². The Balaban J connectivity index is 2.31. The van der Waals surface area contributed by atoms with Crippen molar-refractivity contribution in [2.75, 3.05) is 0 Å². The Labute approximate surface area is 108 Å². The van der Waals surface area contributed by atoms with E-state index in [1.54, 1.807) is 0 Å². The zero-order valence-corrected chi connectivity index (χ0v) is 11.5. The number of allylic oxidation sites excluding steroid dienone is 3. The van der Waals surface area contributed by atoms with E-state index in [4.69, 9.17) is 0 Å². The molecule has 1 rings (SSSR count). The van der Waals surface area contributed by atoms with Gasteiger partial charge in [-0.15, -0.1) is 6.58 Å². The molecule has 0 saturated heterocycles. The van der Waals surface area contributed by atoms with E-state index in [1.807, 2.05) is 0 Å². The molecule has 0 spiro atoms. The van der Waals surface area contributed by atoms with Crippen LogP contribution in [-0.4, -0.2) is 0 Å². The molecule has 1 unspecified atom stereocenters. The largest absolute Gasteiger partial charge is 0.103 e. The molecule has 17 heavy (non-hydrogen) atoms. The SMILES string of the molecule is C=CCC1C=CCCCCCCCCCCC1. The fraction of sp³-hybridized carbons (Fsp3) is 0.765. The van der Waals surface area contributed by atoms with Crippen molar-refractivity contribution in [3.63, 3.8) is 0 Å². The van der Waals surface area contributed by atoms with Crippen LogP contribution in [0.15, 0.2) is 24.8 Å². The van der Waals surface area contributed by atoms with Gasteiger partial charge in [-0.25, -0.2) is 0 Å². The third kappa shape index (κ3) is 8.24. The molecule has 0 heteroatoms. The molecule has 0 aromatic rings. The molecule has 0 radical (unpaired) electrons. The van der Waals surface area contributed by atoms with Crippen LogP contribution < -0.4 is 0 Å². The van der Waals surface area contributed by atoms with E-state index in [0.29, 0.717) is 0 Å². The summed E-state index contributed by atoms with van der Waals surface area (Å²) in [5.74, 6) is 0.760. The van der Waals surface area contributed by atoms with Gasteiger partial charge in [0.2, 0.25) is 0 Å². The third-order valence-electron chi connectivity index (χ3n) is 3.82. The number of hydrogen-bond acceptors (Lipinski definition) is 0. The van der Waals surface area contributed by atoms with Crippen molar-refractivity contribution in [2.24, 2.45) is 5.92 Å². The van der Waals surface area contributed by atoms with Crippen LogP contribution in [0.5, 0.6) is 0 Å². The lowest BCUT2D eigenvalue weighted by Gasteiger charge is -2.11. The highest BCUT2D eigenvalue weighted by molar-refractivity contribution is 4.91. The van der Waals surface area contributed by atoms with E-state index in [9.17, 15) is 0 Å². The Bertz CT molecular complexity index is 202. The summed E-state index contributed by atoms with van der Waals surface area (Å²) in [4.78, 5) is 0. The van der Waals surface area contributed by atoms with Crippen molar-refractivity contribution in [3.05, 3.63) is 24.8 Å². The van der Waals surface area contributed by atoms with Crippen LogP contribution in [-0.2, 0) is 0 Å². The Kier molecular flexibility index (Phi) is 9.09. The highest BCUT2D eigenvalue weighted by atomic mass is 14.1. The second-order valence-electron chi connectivity index (χ2n) is 5.47. The van der Waals surface area contributed by atoms with Gasteiger partial charge in [-0.3, -0.25) is 0 Å². The fourth-order valence-electron chi connectivity index (χ4n) is 2.70. The number of hydrogen-bond donors (Lipinski definition) is 0. The topological polar surface area (TPSA) is 0 Å². The highest BCUT2D eigenvalue weighted by Gasteiger charge is 2.02. The molecule has 1 aliphatic rings. The van der Waals surface area contributed by atoms with E-state index >= 15 is 0 Å². The first-order valence-electron chi connectivity index (χ1n) is 7.71. The molecule has 0 aromatic carbocycles. The van der Waals surface area contributed by atoms with Crippen molar-refractivity contribution >= 4 is 0 Å². The predicted molar refractivity (Wildman–Crippen MR) is 78.2 cm³/mol. The van der Waals surface area contributed by atoms with E-state index in [2.05, 4.69) is 24.8 Å². The summed E-state index contributed by atoms with van der Waals surface area (Å²) in [7, 11) is 0. The van der Waals surface area contributed by atoms with Crippen molar-refractivity contribution in [2.45, 2.75) is 77.0 Å². The van der Waals surface area contributed by atoms with Crippen molar-refractivity contribution in [1.82, 2.24) is 0 Å². The second kappa shape index (κ2) is 10.6.